The normalized spacial score (nSPS) is 11.6. The number of hydrogen-bond acceptors (Lipinski definition) is 5. The lowest BCUT2D eigenvalue weighted by Gasteiger charge is -2.25. The minimum absolute atomic E-state index is 0.0590. The van der Waals surface area contributed by atoms with Gasteiger partial charge in [-0.2, -0.15) is 8.42 Å². The third-order valence-corrected chi connectivity index (χ3v) is 4.70. The zero-order chi connectivity index (χ0) is 18.3. The first-order valence-electron chi connectivity index (χ1n) is 7.68. The number of carbonyl (C=O) groups excluding carboxylic acids is 1. The predicted octanol–water partition coefficient (Wildman–Crippen LogP) is 2.70. The number of amides is 1. The van der Waals surface area contributed by atoms with Crippen molar-refractivity contribution in [3.63, 3.8) is 0 Å². The van der Waals surface area contributed by atoms with E-state index >= 15 is 0 Å². The molecule has 0 radical (unpaired) electrons. The molecular weight excluding hydrogens is 354 g/mol. The van der Waals surface area contributed by atoms with Crippen LogP contribution in [-0.4, -0.2) is 45.2 Å². The van der Waals surface area contributed by atoms with Crippen LogP contribution in [0.15, 0.2) is 18.2 Å². The van der Waals surface area contributed by atoms with E-state index in [4.69, 9.17) is 20.5 Å². The van der Waals surface area contributed by atoms with Crippen LogP contribution in [0.4, 0.5) is 0 Å². The largest absolute Gasteiger partial charge is 0.383 e. The molecule has 0 fully saturated rings. The van der Waals surface area contributed by atoms with E-state index in [0.717, 1.165) is 0 Å². The van der Waals surface area contributed by atoms with Gasteiger partial charge in [0.05, 0.1) is 12.4 Å². The zero-order valence-electron chi connectivity index (χ0n) is 14.4. The Balaban J connectivity index is 3.12. The van der Waals surface area contributed by atoms with Crippen molar-refractivity contribution in [3.05, 3.63) is 28.8 Å². The van der Waals surface area contributed by atoms with Crippen LogP contribution in [-0.2, 0) is 26.2 Å². The summed E-state index contributed by atoms with van der Waals surface area (Å²) in [6, 6.07) is 4.66. The standard InChI is InChI=1S/C16H24ClNO5S/c1-5-24(20,21)23-15-7-6-14(17)10-13(15)11-18(8-9-22-4)16(19)12(2)3/h6-7,10,12H,5,8-9,11H2,1-4H3. The molecule has 0 bridgehead atoms. The Morgan fingerprint density at radius 1 is 1.33 bits per heavy atom. The molecule has 0 unspecified atom stereocenters. The van der Waals surface area contributed by atoms with Gasteiger partial charge in [0.2, 0.25) is 5.91 Å². The minimum atomic E-state index is -3.67. The smallest absolute Gasteiger partial charge is 0.308 e. The third kappa shape index (κ3) is 6.30. The molecule has 0 aromatic heterocycles. The van der Waals surface area contributed by atoms with E-state index in [1.165, 1.54) is 13.0 Å². The van der Waals surface area contributed by atoms with Crippen molar-refractivity contribution in [2.45, 2.75) is 27.3 Å². The van der Waals surface area contributed by atoms with Crippen molar-refractivity contribution < 1.29 is 22.1 Å². The lowest BCUT2D eigenvalue weighted by molar-refractivity contribution is -0.135. The third-order valence-electron chi connectivity index (χ3n) is 3.32. The van der Waals surface area contributed by atoms with Crippen LogP contribution in [0.2, 0.25) is 5.02 Å². The van der Waals surface area contributed by atoms with E-state index in [1.807, 2.05) is 0 Å². The first-order valence-corrected chi connectivity index (χ1v) is 9.64. The molecule has 0 atom stereocenters. The summed E-state index contributed by atoms with van der Waals surface area (Å²) in [5.41, 5.74) is 0.532. The maximum atomic E-state index is 12.4. The lowest BCUT2D eigenvalue weighted by atomic mass is 10.1. The van der Waals surface area contributed by atoms with Crippen molar-refractivity contribution in [1.82, 2.24) is 4.90 Å². The van der Waals surface area contributed by atoms with Gasteiger partial charge in [0.1, 0.15) is 5.75 Å². The number of carbonyl (C=O) groups is 1. The monoisotopic (exact) mass is 377 g/mol. The van der Waals surface area contributed by atoms with Crippen molar-refractivity contribution in [2.75, 3.05) is 26.0 Å². The van der Waals surface area contributed by atoms with E-state index in [0.29, 0.717) is 23.7 Å². The van der Waals surface area contributed by atoms with Crippen LogP contribution in [0.3, 0.4) is 0 Å². The second kappa shape index (κ2) is 9.25. The highest BCUT2D eigenvalue weighted by Gasteiger charge is 2.20. The fourth-order valence-electron chi connectivity index (χ4n) is 1.99. The Labute approximate surface area is 148 Å². The van der Waals surface area contributed by atoms with Crippen molar-refractivity contribution in [2.24, 2.45) is 5.92 Å². The molecule has 1 rings (SSSR count). The number of ether oxygens (including phenoxy) is 1. The summed E-state index contributed by atoms with van der Waals surface area (Å²) < 4.78 is 33.7. The molecule has 0 heterocycles. The maximum Gasteiger partial charge on any atom is 0.308 e. The second-order valence-electron chi connectivity index (χ2n) is 5.59. The number of nitrogens with zero attached hydrogens (tertiary/aromatic N) is 1. The Bertz CT molecular complexity index is 660. The predicted molar refractivity (Wildman–Crippen MR) is 93.7 cm³/mol. The van der Waals surface area contributed by atoms with E-state index in [9.17, 15) is 13.2 Å². The highest BCUT2D eigenvalue weighted by Crippen LogP contribution is 2.26. The van der Waals surface area contributed by atoms with Gasteiger partial charge >= 0.3 is 10.1 Å². The van der Waals surface area contributed by atoms with Crippen molar-refractivity contribution >= 4 is 27.6 Å². The summed E-state index contributed by atoms with van der Waals surface area (Å²) in [5.74, 6) is -0.214. The molecule has 136 valence electrons. The Morgan fingerprint density at radius 3 is 2.54 bits per heavy atom. The van der Waals surface area contributed by atoms with Crippen LogP contribution >= 0.6 is 11.6 Å². The van der Waals surface area contributed by atoms with Crippen molar-refractivity contribution in [3.8, 4) is 5.75 Å². The van der Waals surface area contributed by atoms with Gasteiger partial charge < -0.3 is 13.8 Å². The molecule has 1 aromatic rings. The van der Waals surface area contributed by atoms with Gasteiger partial charge in [0, 0.05) is 36.7 Å². The molecule has 0 aliphatic carbocycles. The highest BCUT2D eigenvalue weighted by molar-refractivity contribution is 7.87. The van der Waals surface area contributed by atoms with Gasteiger partial charge in [-0.25, -0.2) is 0 Å². The molecule has 8 heteroatoms. The second-order valence-corrected chi connectivity index (χ2v) is 7.88. The molecule has 0 N–H and O–H groups in total. The Morgan fingerprint density at radius 2 is 2.00 bits per heavy atom. The SMILES string of the molecule is CCS(=O)(=O)Oc1ccc(Cl)cc1CN(CCOC)C(=O)C(C)C. The van der Waals surface area contributed by atoms with E-state index < -0.39 is 10.1 Å². The molecule has 0 saturated heterocycles. The Hall–Kier alpha value is -1.31. The number of rotatable bonds is 9. The van der Waals surface area contributed by atoms with E-state index in [2.05, 4.69) is 0 Å². The fourth-order valence-corrected chi connectivity index (χ4v) is 2.74. The highest BCUT2D eigenvalue weighted by atomic mass is 35.5. The fraction of sp³-hybridized carbons (Fsp3) is 0.562. The molecule has 1 amide bonds. The molecular formula is C16H24ClNO5S. The summed E-state index contributed by atoms with van der Waals surface area (Å²) in [7, 11) is -2.11. The minimum Gasteiger partial charge on any atom is -0.383 e. The van der Waals surface area contributed by atoms with Crippen LogP contribution < -0.4 is 4.18 Å². The number of hydrogen-bond donors (Lipinski definition) is 0. The average Bonchev–Trinajstić information content (AvgIpc) is 2.52. The summed E-state index contributed by atoms with van der Waals surface area (Å²) in [4.78, 5) is 14.0. The van der Waals surface area contributed by atoms with E-state index in [1.54, 1.807) is 38.0 Å². The lowest BCUT2D eigenvalue weighted by Crippen LogP contribution is -2.36. The molecule has 6 nitrogen and oxygen atoms in total. The van der Waals surface area contributed by atoms with Crippen molar-refractivity contribution in [1.29, 1.82) is 0 Å². The zero-order valence-corrected chi connectivity index (χ0v) is 16.0. The average molecular weight is 378 g/mol. The number of halogens is 1. The van der Waals surface area contributed by atoms with Gasteiger partial charge in [0.25, 0.3) is 0 Å². The molecule has 1 aromatic carbocycles. The summed E-state index contributed by atoms with van der Waals surface area (Å²) in [6.07, 6.45) is 0. The molecule has 0 aliphatic heterocycles. The van der Waals surface area contributed by atoms with Gasteiger partial charge in [-0.15, -0.1) is 0 Å². The molecule has 24 heavy (non-hydrogen) atoms. The first-order chi connectivity index (χ1) is 11.2. The molecule has 0 saturated carbocycles. The molecule has 0 spiro atoms. The summed E-state index contributed by atoms with van der Waals surface area (Å²) in [5, 5.41) is 0.440. The topological polar surface area (TPSA) is 72.9 Å². The van der Waals surface area contributed by atoms with Gasteiger partial charge in [-0.1, -0.05) is 25.4 Å². The van der Waals surface area contributed by atoms with Gasteiger partial charge in [-0.05, 0) is 25.1 Å². The first kappa shape index (κ1) is 20.7. The van der Waals surface area contributed by atoms with Crippen LogP contribution in [0.1, 0.15) is 26.3 Å². The number of methoxy groups -OCH3 is 1. The maximum absolute atomic E-state index is 12.4. The van der Waals surface area contributed by atoms with Gasteiger partial charge in [-0.3, -0.25) is 4.79 Å². The summed E-state index contributed by atoms with van der Waals surface area (Å²) in [6.45, 7) is 6.06. The quantitative estimate of drug-likeness (QED) is 0.618. The van der Waals surface area contributed by atoms with Crippen LogP contribution in [0.25, 0.3) is 0 Å². The van der Waals surface area contributed by atoms with Gasteiger partial charge in [0.15, 0.2) is 0 Å². The summed E-state index contributed by atoms with van der Waals surface area (Å²) >= 11 is 6.02. The van der Waals surface area contributed by atoms with Crippen LogP contribution in [0.5, 0.6) is 5.75 Å². The van der Waals surface area contributed by atoms with E-state index in [-0.39, 0.29) is 29.9 Å². The molecule has 0 aliphatic rings. The Kier molecular flexibility index (Phi) is 7.99. The van der Waals surface area contributed by atoms with Crippen LogP contribution in [0, 0.1) is 5.92 Å². The number of benzene rings is 1.